The number of anilines is 2. The summed E-state index contributed by atoms with van der Waals surface area (Å²) in [5.41, 5.74) is 7.49. The van der Waals surface area contributed by atoms with Gasteiger partial charge in [0.1, 0.15) is 12.1 Å². The number of benzene rings is 1. The number of hydrogen-bond donors (Lipinski definition) is 2. The lowest BCUT2D eigenvalue weighted by atomic mass is 10.2. The van der Waals surface area contributed by atoms with Crippen LogP contribution in [0, 0.1) is 0 Å². The lowest BCUT2D eigenvalue weighted by Crippen LogP contribution is -2.27. The fraction of sp³-hybridized carbons (Fsp3) is 0.500. The van der Waals surface area contributed by atoms with Crippen molar-refractivity contribution < 1.29 is 0 Å². The predicted octanol–water partition coefficient (Wildman–Crippen LogP) is 2.74. The van der Waals surface area contributed by atoms with Crippen LogP contribution in [0.2, 0.25) is 0 Å². The molecule has 5 heteroatoms. The van der Waals surface area contributed by atoms with Gasteiger partial charge in [-0.15, -0.1) is 0 Å². The maximum Gasteiger partial charge on any atom is 0.137 e. The number of unbranched alkanes of at least 4 members (excludes halogenated alkanes) is 1. The number of hydrogen-bond acceptors (Lipinski definition) is 5. The Hall–Kier alpha value is -1.88. The fourth-order valence-electron chi connectivity index (χ4n) is 2.17. The molecule has 0 amide bonds. The van der Waals surface area contributed by atoms with E-state index in [1.54, 1.807) is 6.33 Å². The maximum atomic E-state index is 5.84. The zero-order valence-electron chi connectivity index (χ0n) is 13.1. The summed E-state index contributed by atoms with van der Waals surface area (Å²) in [5, 5.41) is 4.38. The Balaban J connectivity index is 1.88. The first kappa shape index (κ1) is 15.5. The van der Waals surface area contributed by atoms with Crippen LogP contribution in [-0.2, 0) is 0 Å². The van der Waals surface area contributed by atoms with Crippen molar-refractivity contribution in [3.05, 3.63) is 24.5 Å². The van der Waals surface area contributed by atoms with Gasteiger partial charge in [-0.25, -0.2) is 9.97 Å². The quantitative estimate of drug-likeness (QED) is 0.605. The van der Waals surface area contributed by atoms with Crippen LogP contribution in [0.25, 0.3) is 10.9 Å². The van der Waals surface area contributed by atoms with Crippen LogP contribution in [0.5, 0.6) is 0 Å². The zero-order valence-corrected chi connectivity index (χ0v) is 13.1. The van der Waals surface area contributed by atoms with Gasteiger partial charge >= 0.3 is 0 Å². The van der Waals surface area contributed by atoms with Gasteiger partial charge in [-0.1, -0.05) is 0 Å². The summed E-state index contributed by atoms with van der Waals surface area (Å²) in [6, 6.07) is 6.31. The lowest BCUT2D eigenvalue weighted by Gasteiger charge is -2.20. The number of nitrogens with zero attached hydrogens (tertiary/aromatic N) is 3. The highest BCUT2D eigenvalue weighted by Crippen LogP contribution is 2.21. The monoisotopic (exact) mass is 287 g/mol. The van der Waals surface area contributed by atoms with Crippen LogP contribution in [0.1, 0.15) is 26.7 Å². The van der Waals surface area contributed by atoms with Crippen molar-refractivity contribution >= 4 is 22.4 Å². The van der Waals surface area contributed by atoms with Gasteiger partial charge in [0.2, 0.25) is 0 Å². The van der Waals surface area contributed by atoms with E-state index >= 15 is 0 Å². The molecule has 0 aliphatic carbocycles. The first-order chi connectivity index (χ1) is 10.1. The van der Waals surface area contributed by atoms with Crippen molar-refractivity contribution in [2.24, 2.45) is 0 Å². The Morgan fingerprint density at radius 1 is 1.24 bits per heavy atom. The molecule has 1 aromatic carbocycles. The molecule has 0 unspecified atom stereocenters. The van der Waals surface area contributed by atoms with E-state index in [4.69, 9.17) is 5.73 Å². The van der Waals surface area contributed by atoms with Gasteiger partial charge in [0, 0.05) is 23.7 Å². The number of fused-ring (bicyclic) bond motifs is 1. The van der Waals surface area contributed by atoms with Crippen LogP contribution in [0.3, 0.4) is 0 Å². The summed E-state index contributed by atoms with van der Waals surface area (Å²) in [6.45, 7) is 6.47. The summed E-state index contributed by atoms with van der Waals surface area (Å²) < 4.78 is 0. The van der Waals surface area contributed by atoms with Gasteiger partial charge < -0.3 is 16.0 Å². The van der Waals surface area contributed by atoms with Gasteiger partial charge in [0.25, 0.3) is 0 Å². The summed E-state index contributed by atoms with van der Waals surface area (Å²) in [6.07, 6.45) is 3.88. The Morgan fingerprint density at radius 3 is 2.81 bits per heavy atom. The third-order valence-corrected chi connectivity index (χ3v) is 3.77. The molecule has 1 aromatic heterocycles. The first-order valence-electron chi connectivity index (χ1n) is 7.52. The standard InChI is InChI=1S/C16H25N5/c1-12(2)21(3)9-5-4-8-18-16-14-10-13(17)6-7-15(14)19-11-20-16/h6-7,10-12H,4-5,8-9,17H2,1-3H3,(H,18,19,20). The Morgan fingerprint density at radius 2 is 2.05 bits per heavy atom. The fourth-order valence-corrected chi connectivity index (χ4v) is 2.17. The third-order valence-electron chi connectivity index (χ3n) is 3.77. The van der Waals surface area contributed by atoms with Crippen LogP contribution in [-0.4, -0.2) is 41.0 Å². The highest BCUT2D eigenvalue weighted by Gasteiger charge is 2.04. The molecular weight excluding hydrogens is 262 g/mol. The van der Waals surface area contributed by atoms with E-state index in [1.807, 2.05) is 18.2 Å². The van der Waals surface area contributed by atoms with Crippen LogP contribution >= 0.6 is 0 Å². The SMILES string of the molecule is CC(C)N(C)CCCCNc1ncnc2ccc(N)cc12. The minimum atomic E-state index is 0.603. The van der Waals surface area contributed by atoms with Gasteiger partial charge in [-0.2, -0.15) is 0 Å². The molecule has 0 radical (unpaired) electrons. The molecular formula is C16H25N5. The molecule has 114 valence electrons. The molecule has 2 aromatic rings. The summed E-state index contributed by atoms with van der Waals surface area (Å²) in [7, 11) is 2.17. The second kappa shape index (κ2) is 7.22. The third kappa shape index (κ3) is 4.29. The largest absolute Gasteiger partial charge is 0.399 e. The predicted molar refractivity (Wildman–Crippen MR) is 89.4 cm³/mol. The number of rotatable bonds is 7. The second-order valence-electron chi connectivity index (χ2n) is 5.71. The van der Waals surface area contributed by atoms with Gasteiger partial charge in [0.05, 0.1) is 5.52 Å². The summed E-state index contributed by atoms with van der Waals surface area (Å²) in [4.78, 5) is 10.9. The molecule has 5 nitrogen and oxygen atoms in total. The molecule has 0 spiro atoms. The first-order valence-corrected chi connectivity index (χ1v) is 7.52. The Bertz CT molecular complexity index is 582. The van der Waals surface area contributed by atoms with Gasteiger partial charge in [0.15, 0.2) is 0 Å². The molecule has 21 heavy (non-hydrogen) atoms. The molecule has 0 bridgehead atoms. The van der Waals surface area contributed by atoms with E-state index in [2.05, 4.69) is 41.1 Å². The van der Waals surface area contributed by atoms with Crippen molar-refractivity contribution in [1.82, 2.24) is 14.9 Å². The van der Waals surface area contributed by atoms with Crippen molar-refractivity contribution in [3.63, 3.8) is 0 Å². The van der Waals surface area contributed by atoms with Crippen LogP contribution < -0.4 is 11.1 Å². The lowest BCUT2D eigenvalue weighted by molar-refractivity contribution is 0.269. The summed E-state index contributed by atoms with van der Waals surface area (Å²) in [5.74, 6) is 0.865. The highest BCUT2D eigenvalue weighted by molar-refractivity contribution is 5.91. The number of nitrogens with two attached hydrogens (primary N) is 1. The number of aromatic nitrogens is 2. The molecule has 0 aliphatic rings. The molecule has 3 N–H and O–H groups in total. The van der Waals surface area contributed by atoms with Crippen LogP contribution in [0.15, 0.2) is 24.5 Å². The zero-order chi connectivity index (χ0) is 15.2. The summed E-state index contributed by atoms with van der Waals surface area (Å²) >= 11 is 0. The molecule has 0 atom stereocenters. The smallest absolute Gasteiger partial charge is 0.137 e. The van der Waals surface area contributed by atoms with E-state index in [-0.39, 0.29) is 0 Å². The van der Waals surface area contributed by atoms with Gasteiger partial charge in [-0.05, 0) is 58.5 Å². The van der Waals surface area contributed by atoms with E-state index in [0.717, 1.165) is 41.9 Å². The molecule has 1 heterocycles. The van der Waals surface area contributed by atoms with Crippen molar-refractivity contribution in [2.75, 3.05) is 31.2 Å². The van der Waals surface area contributed by atoms with Crippen molar-refractivity contribution in [3.8, 4) is 0 Å². The van der Waals surface area contributed by atoms with Crippen molar-refractivity contribution in [1.29, 1.82) is 0 Å². The molecule has 0 aliphatic heterocycles. The topological polar surface area (TPSA) is 67.1 Å². The van der Waals surface area contributed by atoms with Crippen LogP contribution in [0.4, 0.5) is 11.5 Å². The minimum absolute atomic E-state index is 0.603. The molecule has 2 rings (SSSR count). The molecule has 0 fully saturated rings. The van der Waals surface area contributed by atoms with E-state index in [9.17, 15) is 0 Å². The van der Waals surface area contributed by atoms with Gasteiger partial charge in [-0.3, -0.25) is 0 Å². The molecule has 0 saturated carbocycles. The molecule has 0 saturated heterocycles. The van der Waals surface area contributed by atoms with Crippen molar-refractivity contribution in [2.45, 2.75) is 32.7 Å². The normalized spacial score (nSPS) is 11.5. The number of nitrogen functional groups attached to an aromatic ring is 1. The van der Waals surface area contributed by atoms with E-state index in [0.29, 0.717) is 6.04 Å². The minimum Gasteiger partial charge on any atom is -0.399 e. The van der Waals surface area contributed by atoms with E-state index < -0.39 is 0 Å². The number of nitrogens with one attached hydrogen (secondary N) is 1. The average molecular weight is 287 g/mol. The van der Waals surface area contributed by atoms with E-state index in [1.165, 1.54) is 6.42 Å². The Kier molecular flexibility index (Phi) is 5.33. The highest BCUT2D eigenvalue weighted by atomic mass is 15.1. The average Bonchev–Trinajstić information content (AvgIpc) is 2.46. The Labute approximate surface area is 126 Å². The maximum absolute atomic E-state index is 5.84. The second-order valence-corrected chi connectivity index (χ2v) is 5.71.